The van der Waals surface area contributed by atoms with E-state index in [1.165, 1.54) is 0 Å². The van der Waals surface area contributed by atoms with Crippen LogP contribution in [0.2, 0.25) is 0 Å². The van der Waals surface area contributed by atoms with E-state index in [1.807, 2.05) is 0 Å². The van der Waals surface area contributed by atoms with Crippen LogP contribution in [0.1, 0.15) is 40.0 Å². The topological polar surface area (TPSA) is 82.1 Å². The number of aliphatic carboxylic acids is 1. The number of carbonyl (C=O) groups is 2. The number of carboxylic acid groups (broad SMARTS) is 1. The maximum absolute atomic E-state index is 11.8. The van der Waals surface area contributed by atoms with E-state index >= 15 is 0 Å². The highest BCUT2D eigenvalue weighted by Gasteiger charge is 2.24. The zero-order chi connectivity index (χ0) is 18.2. The molecule has 0 radical (unpaired) electrons. The van der Waals surface area contributed by atoms with Crippen molar-refractivity contribution in [3.8, 4) is 11.5 Å². The van der Waals surface area contributed by atoms with Crippen LogP contribution in [-0.4, -0.2) is 36.4 Å². The molecule has 1 atom stereocenters. The number of ether oxygens (including phenoxy) is 3. The van der Waals surface area contributed by atoms with Crippen LogP contribution in [0.4, 0.5) is 0 Å². The molecule has 0 aliphatic carbocycles. The molecule has 0 aliphatic heterocycles. The Hall–Kier alpha value is -2.24. The monoisotopic (exact) mass is 338 g/mol. The Bertz CT molecular complexity index is 529. The Morgan fingerprint density at radius 1 is 1.12 bits per heavy atom. The Morgan fingerprint density at radius 3 is 2.21 bits per heavy atom. The molecule has 0 heterocycles. The van der Waals surface area contributed by atoms with E-state index in [0.29, 0.717) is 25.2 Å². The molecule has 0 aromatic heterocycles. The van der Waals surface area contributed by atoms with Crippen molar-refractivity contribution in [2.24, 2.45) is 5.92 Å². The summed E-state index contributed by atoms with van der Waals surface area (Å²) in [4.78, 5) is 23.0. The van der Waals surface area contributed by atoms with Crippen LogP contribution in [0.3, 0.4) is 0 Å². The second-order valence-electron chi connectivity index (χ2n) is 6.49. The summed E-state index contributed by atoms with van der Waals surface area (Å²) in [6, 6.07) is 7.15. The summed E-state index contributed by atoms with van der Waals surface area (Å²) < 4.78 is 15.8. The number of esters is 1. The van der Waals surface area contributed by atoms with E-state index in [1.54, 1.807) is 52.1 Å². The maximum Gasteiger partial charge on any atom is 0.307 e. The average molecular weight is 338 g/mol. The molecular weight excluding hydrogens is 312 g/mol. The predicted molar refractivity (Wildman–Crippen MR) is 89.3 cm³/mol. The molecule has 0 saturated heterocycles. The minimum absolute atomic E-state index is 0.130. The van der Waals surface area contributed by atoms with Gasteiger partial charge in [0.1, 0.15) is 17.1 Å². The van der Waals surface area contributed by atoms with Crippen LogP contribution in [0.5, 0.6) is 11.5 Å². The molecule has 1 N–H and O–H groups in total. The molecule has 1 rings (SSSR count). The third kappa shape index (κ3) is 7.85. The summed E-state index contributed by atoms with van der Waals surface area (Å²) in [5, 5.41) is 9.23. The van der Waals surface area contributed by atoms with E-state index in [0.717, 1.165) is 5.75 Å². The van der Waals surface area contributed by atoms with Crippen LogP contribution in [-0.2, 0) is 14.3 Å². The molecule has 1 aromatic carbocycles. The molecular formula is C18H26O6. The van der Waals surface area contributed by atoms with Crippen LogP contribution >= 0.6 is 0 Å². The molecule has 0 bridgehead atoms. The van der Waals surface area contributed by atoms with Crippen molar-refractivity contribution in [2.75, 3.05) is 13.7 Å². The third-order valence-corrected chi connectivity index (χ3v) is 3.21. The standard InChI is InChI=1S/C18H26O6/c1-18(2,3)24-16(19)12-13(17(20)21)6-5-11-23-15-9-7-14(22-4)8-10-15/h7-10,13H,5-6,11-12H2,1-4H3,(H,20,21)/t13-/m1/s1. The van der Waals surface area contributed by atoms with Gasteiger partial charge in [-0.15, -0.1) is 0 Å². The molecule has 0 unspecified atom stereocenters. The first-order chi connectivity index (χ1) is 11.2. The summed E-state index contributed by atoms with van der Waals surface area (Å²) in [6.07, 6.45) is 0.756. The lowest BCUT2D eigenvalue weighted by atomic mass is 10.00. The van der Waals surface area contributed by atoms with Gasteiger partial charge in [-0.05, 0) is 57.9 Å². The van der Waals surface area contributed by atoms with E-state index in [4.69, 9.17) is 14.2 Å². The number of carbonyl (C=O) groups excluding carboxylic acids is 1. The van der Waals surface area contributed by atoms with Crippen molar-refractivity contribution < 1.29 is 28.9 Å². The van der Waals surface area contributed by atoms with Gasteiger partial charge in [-0.25, -0.2) is 0 Å². The fraction of sp³-hybridized carbons (Fsp3) is 0.556. The van der Waals surface area contributed by atoms with Gasteiger partial charge in [-0.3, -0.25) is 9.59 Å². The molecule has 0 aliphatic rings. The first-order valence-corrected chi connectivity index (χ1v) is 7.93. The highest BCUT2D eigenvalue weighted by molar-refractivity contribution is 5.78. The van der Waals surface area contributed by atoms with Gasteiger partial charge in [0.05, 0.1) is 26.1 Å². The largest absolute Gasteiger partial charge is 0.497 e. The summed E-state index contributed by atoms with van der Waals surface area (Å²) in [7, 11) is 1.59. The normalized spacial score (nSPS) is 12.3. The Kier molecular flexibility index (Phi) is 7.55. The van der Waals surface area contributed by atoms with Crippen molar-refractivity contribution in [2.45, 2.75) is 45.6 Å². The number of rotatable bonds is 9. The van der Waals surface area contributed by atoms with E-state index in [-0.39, 0.29) is 6.42 Å². The Balaban J connectivity index is 2.38. The lowest BCUT2D eigenvalue weighted by molar-refractivity contribution is -0.160. The van der Waals surface area contributed by atoms with Crippen molar-refractivity contribution in [1.82, 2.24) is 0 Å². The minimum Gasteiger partial charge on any atom is -0.497 e. The van der Waals surface area contributed by atoms with Gasteiger partial charge in [-0.1, -0.05) is 0 Å². The van der Waals surface area contributed by atoms with Gasteiger partial charge in [-0.2, -0.15) is 0 Å². The van der Waals surface area contributed by atoms with Crippen LogP contribution in [0.15, 0.2) is 24.3 Å². The molecule has 1 aromatic rings. The number of carboxylic acids is 1. The van der Waals surface area contributed by atoms with Crippen LogP contribution in [0, 0.1) is 5.92 Å². The fourth-order valence-electron chi connectivity index (χ4n) is 2.09. The third-order valence-electron chi connectivity index (χ3n) is 3.21. The van der Waals surface area contributed by atoms with Crippen LogP contribution in [0.25, 0.3) is 0 Å². The number of hydrogen-bond donors (Lipinski definition) is 1. The molecule has 0 amide bonds. The second-order valence-corrected chi connectivity index (χ2v) is 6.49. The molecule has 24 heavy (non-hydrogen) atoms. The molecule has 0 fully saturated rings. The summed E-state index contributed by atoms with van der Waals surface area (Å²) in [5.41, 5.74) is -0.613. The van der Waals surface area contributed by atoms with E-state index in [2.05, 4.69) is 0 Å². The zero-order valence-electron chi connectivity index (χ0n) is 14.7. The van der Waals surface area contributed by atoms with Gasteiger partial charge < -0.3 is 19.3 Å². The van der Waals surface area contributed by atoms with E-state index < -0.39 is 23.5 Å². The molecule has 0 spiro atoms. The predicted octanol–water partition coefficient (Wildman–Crippen LogP) is 3.29. The van der Waals surface area contributed by atoms with Crippen molar-refractivity contribution in [1.29, 1.82) is 0 Å². The second kappa shape index (κ2) is 9.15. The first-order valence-electron chi connectivity index (χ1n) is 7.93. The summed E-state index contributed by atoms with van der Waals surface area (Å²) >= 11 is 0. The Morgan fingerprint density at radius 2 is 1.71 bits per heavy atom. The lowest BCUT2D eigenvalue weighted by Gasteiger charge is -2.21. The maximum atomic E-state index is 11.8. The number of methoxy groups -OCH3 is 1. The number of benzene rings is 1. The smallest absolute Gasteiger partial charge is 0.307 e. The molecule has 134 valence electrons. The number of hydrogen-bond acceptors (Lipinski definition) is 5. The molecule has 0 saturated carbocycles. The van der Waals surface area contributed by atoms with Gasteiger partial charge >= 0.3 is 11.9 Å². The first kappa shape index (κ1) is 19.8. The van der Waals surface area contributed by atoms with Gasteiger partial charge in [0.25, 0.3) is 0 Å². The summed E-state index contributed by atoms with van der Waals surface area (Å²) in [6.45, 7) is 5.64. The van der Waals surface area contributed by atoms with Crippen molar-refractivity contribution in [3.05, 3.63) is 24.3 Å². The summed E-state index contributed by atoms with van der Waals surface area (Å²) in [5.74, 6) is -0.823. The quantitative estimate of drug-likeness (QED) is 0.549. The van der Waals surface area contributed by atoms with Crippen LogP contribution < -0.4 is 9.47 Å². The molecule has 6 heteroatoms. The highest BCUT2D eigenvalue weighted by atomic mass is 16.6. The van der Waals surface area contributed by atoms with Crippen molar-refractivity contribution >= 4 is 11.9 Å². The van der Waals surface area contributed by atoms with Gasteiger partial charge in [0, 0.05) is 0 Å². The van der Waals surface area contributed by atoms with Gasteiger partial charge in [0.2, 0.25) is 0 Å². The van der Waals surface area contributed by atoms with Crippen molar-refractivity contribution in [3.63, 3.8) is 0 Å². The molecule has 6 nitrogen and oxygen atoms in total. The Labute approximate surface area is 142 Å². The van der Waals surface area contributed by atoms with E-state index in [9.17, 15) is 14.7 Å². The average Bonchev–Trinajstić information content (AvgIpc) is 2.48. The highest BCUT2D eigenvalue weighted by Crippen LogP contribution is 2.19. The fourth-order valence-corrected chi connectivity index (χ4v) is 2.09. The van der Waals surface area contributed by atoms with Gasteiger partial charge in [0.15, 0.2) is 0 Å². The lowest BCUT2D eigenvalue weighted by Crippen LogP contribution is -2.27. The zero-order valence-corrected chi connectivity index (χ0v) is 14.7. The minimum atomic E-state index is -0.995. The SMILES string of the molecule is COc1ccc(OCCC[C@H](CC(=O)OC(C)(C)C)C(=O)O)cc1.